The smallest absolute Gasteiger partial charge is 0.290 e. The molecule has 0 radical (unpaired) electrons. The molecule has 260 valence electrons. The minimum Gasteiger partial charge on any atom is -0.348 e. The minimum atomic E-state index is -0.799. The summed E-state index contributed by atoms with van der Waals surface area (Å²) in [6.07, 6.45) is 11.0. The third kappa shape index (κ3) is 8.82. The lowest BCUT2D eigenvalue weighted by Gasteiger charge is -2.33. The van der Waals surface area contributed by atoms with E-state index >= 15 is 0 Å². The van der Waals surface area contributed by atoms with Crippen LogP contribution in [0, 0.1) is 43.9 Å². The van der Waals surface area contributed by atoms with Gasteiger partial charge in [-0.3, -0.25) is 14.4 Å². The average molecular weight is 674 g/mol. The van der Waals surface area contributed by atoms with Gasteiger partial charge in [0.15, 0.2) is 5.13 Å². The van der Waals surface area contributed by atoms with E-state index in [-0.39, 0.29) is 11.1 Å². The van der Waals surface area contributed by atoms with Crippen LogP contribution in [-0.4, -0.2) is 52.9 Å². The quantitative estimate of drug-likeness (QED) is 0.130. The number of hydrazine groups is 1. The summed E-state index contributed by atoms with van der Waals surface area (Å²) in [7, 11) is 1.36. The van der Waals surface area contributed by atoms with E-state index in [4.69, 9.17) is 4.98 Å². The lowest BCUT2D eigenvalue weighted by molar-refractivity contribution is -0.166. The minimum absolute atomic E-state index is 0.159. The van der Waals surface area contributed by atoms with Gasteiger partial charge in [0.2, 0.25) is 5.91 Å². The summed E-state index contributed by atoms with van der Waals surface area (Å²) in [6, 6.07) is 6.29. The third-order valence-electron chi connectivity index (χ3n) is 9.62. The number of hydrogen-bond acceptors (Lipinski definition) is 7. The molecule has 0 bridgehead atoms. The zero-order chi connectivity index (χ0) is 35.7. The van der Waals surface area contributed by atoms with Crippen LogP contribution in [0.5, 0.6) is 0 Å². The number of thiazole rings is 1. The number of aromatic nitrogens is 1. The Morgan fingerprint density at radius 1 is 0.958 bits per heavy atom. The Balaban J connectivity index is 2.32. The number of nitriles is 1. The van der Waals surface area contributed by atoms with Crippen LogP contribution in [0.3, 0.4) is 0 Å². The number of hydrogen-bond donors (Lipinski definition) is 0. The summed E-state index contributed by atoms with van der Waals surface area (Å²) in [5.74, 6) is -0.851. The van der Waals surface area contributed by atoms with E-state index in [0.29, 0.717) is 17.4 Å². The zero-order valence-corrected chi connectivity index (χ0v) is 31.6. The largest absolute Gasteiger partial charge is 0.348 e. The number of imide groups is 1. The maximum absolute atomic E-state index is 14.0. The number of anilines is 1. The van der Waals surface area contributed by atoms with Crippen LogP contribution in [0.4, 0.5) is 5.13 Å². The van der Waals surface area contributed by atoms with Crippen molar-refractivity contribution in [3.63, 3.8) is 0 Å². The third-order valence-corrected chi connectivity index (χ3v) is 10.7. The highest BCUT2D eigenvalue weighted by Gasteiger charge is 2.39. The molecule has 0 saturated carbocycles. The predicted octanol–water partition coefficient (Wildman–Crippen LogP) is 8.96. The van der Waals surface area contributed by atoms with Crippen LogP contribution in [0.2, 0.25) is 0 Å². The summed E-state index contributed by atoms with van der Waals surface area (Å²) < 4.78 is 0. The first kappa shape index (κ1) is 38.7. The van der Waals surface area contributed by atoms with Crippen molar-refractivity contribution in [1.82, 2.24) is 15.0 Å². The van der Waals surface area contributed by atoms with Gasteiger partial charge >= 0.3 is 0 Å². The number of unbranched alkanes of at least 4 members (excludes halogenated alkanes) is 2. The van der Waals surface area contributed by atoms with Crippen molar-refractivity contribution < 1.29 is 14.4 Å². The molecule has 0 fully saturated rings. The predicted molar refractivity (Wildman–Crippen MR) is 197 cm³/mol. The lowest BCUT2D eigenvalue weighted by atomic mass is 9.93. The Labute approximate surface area is 292 Å². The van der Waals surface area contributed by atoms with E-state index in [2.05, 4.69) is 65.5 Å². The Hall–Kier alpha value is -3.77. The number of carbonyl (C=O) groups excluding carboxylic acids is 3. The number of carbonyl (C=O) groups is 3. The molecule has 3 amide bonds. The molecule has 2 heterocycles. The maximum atomic E-state index is 14.0. The fourth-order valence-electron chi connectivity index (χ4n) is 6.59. The summed E-state index contributed by atoms with van der Waals surface area (Å²) >= 11 is 1.56. The molecule has 0 saturated heterocycles. The molecule has 0 aliphatic carbocycles. The van der Waals surface area contributed by atoms with Crippen LogP contribution in [0.15, 0.2) is 28.9 Å². The molecule has 2 atom stereocenters. The summed E-state index contributed by atoms with van der Waals surface area (Å²) in [5.41, 5.74) is 5.49. The molecular formula is C39H55N5O3S. The second-order valence-electron chi connectivity index (χ2n) is 13.4. The van der Waals surface area contributed by atoms with Crippen LogP contribution < -0.4 is 4.90 Å². The molecule has 0 N–H and O–H groups in total. The molecular weight excluding hydrogens is 619 g/mol. The normalized spacial score (nSPS) is 15.6. The van der Waals surface area contributed by atoms with Gasteiger partial charge in [-0.1, -0.05) is 95.3 Å². The van der Waals surface area contributed by atoms with Gasteiger partial charge in [-0.15, -0.1) is 0 Å². The van der Waals surface area contributed by atoms with Crippen molar-refractivity contribution >= 4 is 40.3 Å². The van der Waals surface area contributed by atoms with Crippen molar-refractivity contribution in [2.24, 2.45) is 11.8 Å². The molecule has 48 heavy (non-hydrogen) atoms. The summed E-state index contributed by atoms with van der Waals surface area (Å²) in [6.45, 7) is 20.0. The molecule has 1 aliphatic rings. The topological polar surface area (TPSA) is 97.6 Å². The van der Waals surface area contributed by atoms with Gasteiger partial charge in [0, 0.05) is 38.2 Å². The van der Waals surface area contributed by atoms with Gasteiger partial charge in [0.1, 0.15) is 11.6 Å². The van der Waals surface area contributed by atoms with E-state index in [1.165, 1.54) is 52.5 Å². The zero-order valence-electron chi connectivity index (χ0n) is 30.8. The highest BCUT2D eigenvalue weighted by molar-refractivity contribution is 7.17. The number of aryl methyl sites for hydroxylation is 3. The van der Waals surface area contributed by atoms with Crippen LogP contribution in [0.1, 0.15) is 114 Å². The SMILES string of the molecule is CCCCC(CC)CN(CC(CC)CCCC)c1nc(-c2c(C)cc(C)cc2C)c(/C=C2\C(=O)N(N(C)C(C)=O)C(=O)C(C#N)=C2C)s1. The Morgan fingerprint density at radius 2 is 1.50 bits per heavy atom. The van der Waals surface area contributed by atoms with Crippen molar-refractivity contribution in [3.05, 3.63) is 50.4 Å². The fraction of sp³-hybridized carbons (Fsp3) is 0.564. The molecule has 2 unspecified atom stereocenters. The van der Waals surface area contributed by atoms with Crippen molar-refractivity contribution in [1.29, 1.82) is 5.26 Å². The van der Waals surface area contributed by atoms with E-state index in [1.807, 2.05) is 6.07 Å². The second kappa shape index (κ2) is 17.6. The fourth-order valence-corrected chi connectivity index (χ4v) is 7.62. The molecule has 8 nitrogen and oxygen atoms in total. The van der Waals surface area contributed by atoms with E-state index < -0.39 is 17.7 Å². The Kier molecular flexibility index (Phi) is 14.2. The number of nitrogens with zero attached hydrogens (tertiary/aromatic N) is 5. The highest BCUT2D eigenvalue weighted by atomic mass is 32.1. The molecule has 3 rings (SSSR count). The van der Waals surface area contributed by atoms with Crippen molar-refractivity contribution in [3.8, 4) is 17.3 Å². The molecule has 1 aliphatic heterocycles. The van der Waals surface area contributed by atoms with E-state index in [1.54, 1.807) is 24.3 Å². The first-order chi connectivity index (χ1) is 22.8. The molecule has 9 heteroatoms. The van der Waals surface area contributed by atoms with Gasteiger partial charge in [0.25, 0.3) is 11.8 Å². The monoisotopic (exact) mass is 673 g/mol. The highest BCUT2D eigenvalue weighted by Crippen LogP contribution is 2.40. The number of rotatable bonds is 16. The standard InChI is InChI=1S/C39H55N5O3S/c1-11-15-17-30(13-3)23-43(24-31(14-4)18-16-12-2)39-41-36(35-26(6)19-25(5)20-27(35)7)34(48-39)21-32-28(8)33(22-40)38(47)44(37(32)46)42(10)29(9)45/h19-21,30-31H,11-18,23-24H2,1-10H3/b32-21-. The lowest BCUT2D eigenvalue weighted by Crippen LogP contribution is -2.53. The van der Waals surface area contributed by atoms with Gasteiger partial charge < -0.3 is 4.90 Å². The van der Waals surface area contributed by atoms with Crippen molar-refractivity contribution in [2.45, 2.75) is 114 Å². The van der Waals surface area contributed by atoms with E-state index in [9.17, 15) is 19.6 Å². The van der Waals surface area contributed by atoms with Crippen LogP contribution in [0.25, 0.3) is 17.3 Å². The Bertz CT molecular complexity index is 1560. The number of benzene rings is 1. The van der Waals surface area contributed by atoms with Gasteiger partial charge in [-0.2, -0.15) is 10.3 Å². The molecule has 0 spiro atoms. The Morgan fingerprint density at radius 3 is 1.96 bits per heavy atom. The van der Waals surface area contributed by atoms with Gasteiger partial charge in [-0.05, 0) is 75.1 Å². The van der Waals surface area contributed by atoms with E-state index in [0.717, 1.165) is 73.9 Å². The van der Waals surface area contributed by atoms with Crippen LogP contribution >= 0.6 is 11.3 Å². The summed E-state index contributed by atoms with van der Waals surface area (Å²) in [4.78, 5) is 48.1. The summed E-state index contributed by atoms with van der Waals surface area (Å²) in [5, 5.41) is 12.6. The molecule has 1 aromatic carbocycles. The molecule has 2 aromatic rings. The number of amides is 3. The first-order valence-electron chi connectivity index (χ1n) is 17.6. The van der Waals surface area contributed by atoms with Gasteiger partial charge in [-0.25, -0.2) is 9.99 Å². The van der Waals surface area contributed by atoms with Crippen molar-refractivity contribution in [2.75, 3.05) is 25.0 Å². The van der Waals surface area contributed by atoms with Crippen LogP contribution in [-0.2, 0) is 14.4 Å². The average Bonchev–Trinajstić information content (AvgIpc) is 3.44. The first-order valence-corrected chi connectivity index (χ1v) is 18.4. The van der Waals surface area contributed by atoms with Gasteiger partial charge in [0.05, 0.1) is 10.6 Å². The molecule has 1 aromatic heterocycles. The second-order valence-corrected chi connectivity index (χ2v) is 14.4. The maximum Gasteiger partial charge on any atom is 0.290 e.